The highest BCUT2D eigenvalue weighted by molar-refractivity contribution is 6.29. The molecule has 0 aromatic carbocycles. The van der Waals surface area contributed by atoms with Crippen molar-refractivity contribution in [2.24, 2.45) is 11.8 Å². The first kappa shape index (κ1) is 13.4. The second-order valence-corrected chi connectivity index (χ2v) is 5.85. The molecule has 6 heteroatoms. The number of aromatic nitrogens is 1. The lowest BCUT2D eigenvalue weighted by molar-refractivity contribution is -0.142. The Morgan fingerprint density at radius 2 is 2.15 bits per heavy atom. The molecule has 1 N–H and O–H groups in total. The molecule has 2 fully saturated rings. The maximum absolute atomic E-state index is 12.5. The van der Waals surface area contributed by atoms with E-state index in [0.717, 1.165) is 19.3 Å². The quantitative estimate of drug-likeness (QED) is 0.848. The third kappa shape index (κ3) is 2.16. The number of hydrogen-bond acceptors (Lipinski definition) is 3. The fourth-order valence-electron chi connectivity index (χ4n) is 3.50. The molecule has 0 radical (unpaired) electrons. The number of rotatable bonds is 2. The van der Waals surface area contributed by atoms with Gasteiger partial charge in [-0.2, -0.15) is 0 Å². The first-order valence-electron chi connectivity index (χ1n) is 6.73. The van der Waals surface area contributed by atoms with Crippen LogP contribution in [0, 0.1) is 11.8 Å². The molecule has 3 unspecified atom stereocenters. The normalized spacial score (nSPS) is 28.4. The summed E-state index contributed by atoms with van der Waals surface area (Å²) in [4.78, 5) is 29.4. The monoisotopic (exact) mass is 294 g/mol. The van der Waals surface area contributed by atoms with Crippen molar-refractivity contribution in [1.82, 2.24) is 9.88 Å². The molecule has 20 heavy (non-hydrogen) atoms. The molecule has 1 aliphatic carbocycles. The predicted molar refractivity (Wildman–Crippen MR) is 72.5 cm³/mol. The van der Waals surface area contributed by atoms with Crippen LogP contribution in [0.4, 0.5) is 0 Å². The van der Waals surface area contributed by atoms with E-state index in [1.807, 2.05) is 0 Å². The van der Waals surface area contributed by atoms with E-state index in [4.69, 9.17) is 11.6 Å². The number of carbonyl (C=O) groups excluding carboxylic acids is 1. The standard InChI is InChI=1S/C14H15ClN2O3/c15-11-5-4-8(6-16-11)13(18)17-7-9-2-1-3-10(9)12(17)14(19)20/h4-6,9-10,12H,1-3,7H2,(H,19,20). The molecule has 1 aromatic rings. The Morgan fingerprint density at radius 1 is 1.35 bits per heavy atom. The summed E-state index contributed by atoms with van der Waals surface area (Å²) in [6.07, 6.45) is 4.36. The fraction of sp³-hybridized carbons (Fsp3) is 0.500. The lowest BCUT2D eigenvalue weighted by Gasteiger charge is -2.24. The molecule has 2 aliphatic rings. The van der Waals surface area contributed by atoms with E-state index in [1.54, 1.807) is 12.1 Å². The molecule has 1 saturated carbocycles. The van der Waals surface area contributed by atoms with Crippen LogP contribution >= 0.6 is 11.6 Å². The van der Waals surface area contributed by atoms with Gasteiger partial charge in [-0.3, -0.25) is 4.79 Å². The minimum absolute atomic E-state index is 0.0942. The Hall–Kier alpha value is -1.62. The van der Waals surface area contributed by atoms with Crippen LogP contribution in [-0.2, 0) is 4.79 Å². The van der Waals surface area contributed by atoms with Gasteiger partial charge in [-0.1, -0.05) is 18.0 Å². The molecular formula is C14H15ClN2O3. The van der Waals surface area contributed by atoms with Crippen molar-refractivity contribution in [3.63, 3.8) is 0 Å². The molecule has 3 atom stereocenters. The zero-order valence-corrected chi connectivity index (χ0v) is 11.6. The molecule has 1 aromatic heterocycles. The smallest absolute Gasteiger partial charge is 0.326 e. The van der Waals surface area contributed by atoms with Crippen LogP contribution in [-0.4, -0.2) is 39.5 Å². The first-order valence-corrected chi connectivity index (χ1v) is 7.11. The number of likely N-dealkylation sites (tertiary alicyclic amines) is 1. The maximum Gasteiger partial charge on any atom is 0.326 e. The summed E-state index contributed by atoms with van der Waals surface area (Å²) >= 11 is 5.70. The summed E-state index contributed by atoms with van der Waals surface area (Å²) < 4.78 is 0. The van der Waals surface area contributed by atoms with E-state index in [9.17, 15) is 14.7 Å². The summed E-state index contributed by atoms with van der Waals surface area (Å²) in [5.74, 6) is -0.761. The number of pyridine rings is 1. The van der Waals surface area contributed by atoms with E-state index in [-0.39, 0.29) is 11.8 Å². The number of amides is 1. The van der Waals surface area contributed by atoms with E-state index in [0.29, 0.717) is 23.2 Å². The number of fused-ring (bicyclic) bond motifs is 1. The van der Waals surface area contributed by atoms with Gasteiger partial charge >= 0.3 is 5.97 Å². The van der Waals surface area contributed by atoms with Crippen molar-refractivity contribution >= 4 is 23.5 Å². The molecular weight excluding hydrogens is 280 g/mol. The molecule has 0 spiro atoms. The molecule has 0 bridgehead atoms. The van der Waals surface area contributed by atoms with Crippen molar-refractivity contribution in [2.45, 2.75) is 25.3 Å². The number of hydrogen-bond donors (Lipinski definition) is 1. The van der Waals surface area contributed by atoms with Gasteiger partial charge < -0.3 is 10.0 Å². The highest BCUT2D eigenvalue weighted by Gasteiger charge is 2.49. The highest BCUT2D eigenvalue weighted by Crippen LogP contribution is 2.42. The average Bonchev–Trinajstić information content (AvgIpc) is 2.97. The number of carboxylic acids is 1. The fourth-order valence-corrected chi connectivity index (χ4v) is 3.61. The van der Waals surface area contributed by atoms with E-state index < -0.39 is 12.0 Å². The second-order valence-electron chi connectivity index (χ2n) is 5.47. The first-order chi connectivity index (χ1) is 9.58. The number of nitrogens with zero attached hydrogens (tertiary/aromatic N) is 2. The van der Waals surface area contributed by atoms with Crippen molar-refractivity contribution in [1.29, 1.82) is 0 Å². The van der Waals surface area contributed by atoms with E-state index >= 15 is 0 Å². The number of carboxylic acid groups (broad SMARTS) is 1. The molecule has 106 valence electrons. The summed E-state index contributed by atoms with van der Waals surface area (Å²) in [5.41, 5.74) is 0.389. The van der Waals surface area contributed by atoms with Gasteiger partial charge in [0.2, 0.25) is 0 Å². The largest absolute Gasteiger partial charge is 0.480 e. The zero-order valence-electron chi connectivity index (χ0n) is 10.8. The molecule has 1 saturated heterocycles. The summed E-state index contributed by atoms with van der Waals surface area (Å²) in [7, 11) is 0. The molecule has 1 aliphatic heterocycles. The van der Waals surface area contributed by atoms with Gasteiger partial charge in [-0.25, -0.2) is 9.78 Å². The van der Waals surface area contributed by atoms with Crippen LogP contribution < -0.4 is 0 Å². The highest BCUT2D eigenvalue weighted by atomic mass is 35.5. The third-order valence-corrected chi connectivity index (χ3v) is 4.60. The SMILES string of the molecule is O=C(O)C1C2CCCC2CN1C(=O)c1ccc(Cl)nc1. The Kier molecular flexibility index (Phi) is 3.38. The van der Waals surface area contributed by atoms with Crippen molar-refractivity contribution in [2.75, 3.05) is 6.54 Å². The summed E-state index contributed by atoms with van der Waals surface area (Å²) in [6.45, 7) is 0.531. The van der Waals surface area contributed by atoms with Crippen LogP contribution in [0.15, 0.2) is 18.3 Å². The van der Waals surface area contributed by atoms with Crippen LogP contribution in [0.2, 0.25) is 5.15 Å². The Bertz CT molecular complexity index is 546. The van der Waals surface area contributed by atoms with Crippen LogP contribution in [0.1, 0.15) is 29.6 Å². The Balaban J connectivity index is 1.87. The molecule has 1 amide bonds. The number of carbonyl (C=O) groups is 2. The second kappa shape index (κ2) is 5.05. The van der Waals surface area contributed by atoms with Crippen molar-refractivity contribution < 1.29 is 14.7 Å². The van der Waals surface area contributed by atoms with Gasteiger partial charge in [-0.15, -0.1) is 0 Å². The lowest BCUT2D eigenvalue weighted by Crippen LogP contribution is -2.43. The minimum Gasteiger partial charge on any atom is -0.480 e. The summed E-state index contributed by atoms with van der Waals surface area (Å²) in [6, 6.07) is 2.43. The van der Waals surface area contributed by atoms with Crippen molar-refractivity contribution in [3.8, 4) is 0 Å². The van der Waals surface area contributed by atoms with Gasteiger partial charge in [0.15, 0.2) is 0 Å². The third-order valence-electron chi connectivity index (χ3n) is 4.38. The maximum atomic E-state index is 12.5. The topological polar surface area (TPSA) is 70.5 Å². The Labute approximate surface area is 121 Å². The van der Waals surface area contributed by atoms with Gasteiger partial charge in [0.1, 0.15) is 11.2 Å². The number of halogens is 1. The zero-order chi connectivity index (χ0) is 14.3. The molecule has 2 heterocycles. The summed E-state index contributed by atoms with van der Waals surface area (Å²) in [5, 5.41) is 9.75. The van der Waals surface area contributed by atoms with Crippen LogP contribution in [0.3, 0.4) is 0 Å². The van der Waals surface area contributed by atoms with Crippen LogP contribution in [0.25, 0.3) is 0 Å². The van der Waals surface area contributed by atoms with Gasteiger partial charge in [0.05, 0.1) is 5.56 Å². The molecule has 5 nitrogen and oxygen atoms in total. The van der Waals surface area contributed by atoms with Gasteiger partial charge in [0, 0.05) is 12.7 Å². The average molecular weight is 295 g/mol. The van der Waals surface area contributed by atoms with Crippen LogP contribution in [0.5, 0.6) is 0 Å². The number of aliphatic carboxylic acids is 1. The minimum atomic E-state index is -0.908. The van der Waals surface area contributed by atoms with Crippen molar-refractivity contribution in [3.05, 3.63) is 29.0 Å². The van der Waals surface area contributed by atoms with Gasteiger partial charge in [0.25, 0.3) is 5.91 Å². The Morgan fingerprint density at radius 3 is 2.80 bits per heavy atom. The van der Waals surface area contributed by atoms with E-state index in [2.05, 4.69) is 4.98 Å². The predicted octanol–water partition coefficient (Wildman–Crippen LogP) is 2.06. The molecule has 3 rings (SSSR count). The lowest BCUT2D eigenvalue weighted by atomic mass is 9.94. The van der Waals surface area contributed by atoms with E-state index in [1.165, 1.54) is 11.1 Å². The van der Waals surface area contributed by atoms with Gasteiger partial charge in [-0.05, 0) is 36.8 Å².